The Kier molecular flexibility index (Phi) is 6.63. The number of aromatic nitrogens is 2. The fraction of sp³-hybridized carbons (Fsp3) is 0.400. The molecule has 2 aromatic carbocycles. The van der Waals surface area contributed by atoms with Crippen LogP contribution in [0, 0.1) is 17.2 Å². The van der Waals surface area contributed by atoms with Gasteiger partial charge in [-0.05, 0) is 61.9 Å². The topological polar surface area (TPSA) is 76.9 Å². The van der Waals surface area contributed by atoms with E-state index in [9.17, 15) is 5.26 Å². The summed E-state index contributed by atoms with van der Waals surface area (Å²) >= 11 is 0. The lowest BCUT2D eigenvalue weighted by molar-refractivity contribution is 0.324. The van der Waals surface area contributed by atoms with E-state index >= 15 is 0 Å². The minimum atomic E-state index is 0.409. The average molecular weight is 415 g/mol. The van der Waals surface area contributed by atoms with Crippen molar-refractivity contribution < 1.29 is 0 Å². The third-order valence-electron chi connectivity index (χ3n) is 6.07. The molecule has 4 rings (SSSR count). The van der Waals surface area contributed by atoms with Crippen LogP contribution in [0.2, 0.25) is 0 Å². The van der Waals surface area contributed by atoms with E-state index in [1.807, 2.05) is 61.5 Å². The fourth-order valence-electron chi connectivity index (χ4n) is 4.35. The molecule has 1 aliphatic carbocycles. The Morgan fingerprint density at radius 3 is 2.52 bits per heavy atom. The maximum absolute atomic E-state index is 9.23. The van der Waals surface area contributed by atoms with E-state index in [0.29, 0.717) is 12.0 Å². The molecular formula is C25H30N6. The second kappa shape index (κ2) is 9.76. The molecule has 1 saturated carbocycles. The lowest BCUT2D eigenvalue weighted by Crippen LogP contribution is -2.31. The SMILES string of the molecule is CN(C)c1nc(NC2CCC(CNCc3ccccc3C#N)CC2)nc2ccccc12. The fourth-order valence-corrected chi connectivity index (χ4v) is 4.35. The molecule has 0 atom stereocenters. The van der Waals surface area contributed by atoms with Gasteiger partial charge in [-0.2, -0.15) is 10.2 Å². The molecule has 1 fully saturated rings. The number of hydrogen-bond donors (Lipinski definition) is 2. The first-order chi connectivity index (χ1) is 15.1. The number of nitrogens with one attached hydrogen (secondary N) is 2. The largest absolute Gasteiger partial charge is 0.362 e. The zero-order valence-electron chi connectivity index (χ0n) is 18.3. The summed E-state index contributed by atoms with van der Waals surface area (Å²) in [5, 5.41) is 17.4. The Bertz CT molecular complexity index is 1060. The molecule has 0 radical (unpaired) electrons. The third-order valence-corrected chi connectivity index (χ3v) is 6.07. The maximum atomic E-state index is 9.23. The number of nitrogens with zero attached hydrogens (tertiary/aromatic N) is 4. The lowest BCUT2D eigenvalue weighted by Gasteiger charge is -2.29. The molecule has 2 N–H and O–H groups in total. The molecule has 160 valence electrons. The van der Waals surface area contributed by atoms with E-state index in [4.69, 9.17) is 9.97 Å². The van der Waals surface area contributed by atoms with Gasteiger partial charge in [-0.25, -0.2) is 4.98 Å². The highest BCUT2D eigenvalue weighted by atomic mass is 15.2. The van der Waals surface area contributed by atoms with Gasteiger partial charge in [0.25, 0.3) is 0 Å². The van der Waals surface area contributed by atoms with Gasteiger partial charge in [0.15, 0.2) is 0 Å². The van der Waals surface area contributed by atoms with Gasteiger partial charge in [0, 0.05) is 32.1 Å². The van der Waals surface area contributed by atoms with Crippen LogP contribution in [-0.4, -0.2) is 36.6 Å². The summed E-state index contributed by atoms with van der Waals surface area (Å²) in [6, 6.07) is 18.7. The molecule has 3 aromatic rings. The number of para-hydroxylation sites is 1. The predicted molar refractivity (Wildman–Crippen MR) is 126 cm³/mol. The first-order valence-electron chi connectivity index (χ1n) is 11.0. The summed E-state index contributed by atoms with van der Waals surface area (Å²) in [6.45, 7) is 1.74. The number of nitriles is 1. The Morgan fingerprint density at radius 1 is 1.00 bits per heavy atom. The Hall–Kier alpha value is -3.17. The second-order valence-corrected chi connectivity index (χ2v) is 8.54. The number of rotatable bonds is 7. The molecule has 1 heterocycles. The van der Waals surface area contributed by atoms with Crippen molar-refractivity contribution in [2.45, 2.75) is 38.3 Å². The first kappa shape index (κ1) is 21.1. The number of hydrogen-bond acceptors (Lipinski definition) is 6. The number of benzene rings is 2. The molecule has 0 saturated heterocycles. The van der Waals surface area contributed by atoms with Crippen molar-refractivity contribution >= 4 is 22.7 Å². The van der Waals surface area contributed by atoms with Crippen molar-refractivity contribution in [1.82, 2.24) is 15.3 Å². The van der Waals surface area contributed by atoms with Crippen molar-refractivity contribution in [1.29, 1.82) is 5.26 Å². The van der Waals surface area contributed by atoms with Crippen LogP contribution >= 0.6 is 0 Å². The highest BCUT2D eigenvalue weighted by Gasteiger charge is 2.22. The molecule has 6 heteroatoms. The summed E-state index contributed by atoms with van der Waals surface area (Å²) in [5.74, 6) is 2.34. The van der Waals surface area contributed by atoms with Crippen LogP contribution in [0.15, 0.2) is 48.5 Å². The van der Waals surface area contributed by atoms with Crippen molar-refractivity contribution in [3.05, 3.63) is 59.7 Å². The Morgan fingerprint density at radius 2 is 1.74 bits per heavy atom. The van der Waals surface area contributed by atoms with Crippen LogP contribution < -0.4 is 15.5 Å². The van der Waals surface area contributed by atoms with Crippen LogP contribution in [0.25, 0.3) is 10.9 Å². The zero-order chi connectivity index (χ0) is 21.6. The molecule has 0 bridgehead atoms. The second-order valence-electron chi connectivity index (χ2n) is 8.54. The van der Waals surface area contributed by atoms with Crippen LogP contribution in [0.4, 0.5) is 11.8 Å². The van der Waals surface area contributed by atoms with Gasteiger partial charge >= 0.3 is 0 Å². The van der Waals surface area contributed by atoms with Crippen molar-refractivity contribution in [2.24, 2.45) is 5.92 Å². The Labute approximate surface area is 184 Å². The molecule has 1 aliphatic rings. The lowest BCUT2D eigenvalue weighted by atomic mass is 9.86. The summed E-state index contributed by atoms with van der Waals surface area (Å²) < 4.78 is 0. The number of fused-ring (bicyclic) bond motifs is 1. The molecule has 1 aromatic heterocycles. The molecule has 0 unspecified atom stereocenters. The van der Waals surface area contributed by atoms with Gasteiger partial charge in [-0.1, -0.05) is 30.3 Å². The quantitative estimate of drug-likeness (QED) is 0.599. The van der Waals surface area contributed by atoms with Gasteiger partial charge in [0.1, 0.15) is 5.82 Å². The molecular weight excluding hydrogens is 384 g/mol. The van der Waals surface area contributed by atoms with E-state index in [0.717, 1.165) is 59.7 Å². The van der Waals surface area contributed by atoms with E-state index in [-0.39, 0.29) is 0 Å². The summed E-state index contributed by atoms with van der Waals surface area (Å²) in [6.07, 6.45) is 4.60. The van der Waals surface area contributed by atoms with Gasteiger partial charge in [0.2, 0.25) is 5.95 Å². The highest BCUT2D eigenvalue weighted by Crippen LogP contribution is 2.28. The summed E-state index contributed by atoms with van der Waals surface area (Å²) in [4.78, 5) is 11.6. The molecule has 31 heavy (non-hydrogen) atoms. The van der Waals surface area contributed by atoms with Crippen molar-refractivity contribution in [3.63, 3.8) is 0 Å². The van der Waals surface area contributed by atoms with Crippen LogP contribution in [0.5, 0.6) is 0 Å². The zero-order valence-corrected chi connectivity index (χ0v) is 18.3. The van der Waals surface area contributed by atoms with Crippen LogP contribution in [0.3, 0.4) is 0 Å². The minimum absolute atomic E-state index is 0.409. The third kappa shape index (κ3) is 5.12. The smallest absolute Gasteiger partial charge is 0.225 e. The minimum Gasteiger partial charge on any atom is -0.362 e. The molecule has 0 amide bonds. The van der Waals surface area contributed by atoms with Crippen molar-refractivity contribution in [2.75, 3.05) is 30.9 Å². The molecule has 0 aliphatic heterocycles. The van der Waals surface area contributed by atoms with Gasteiger partial charge in [0.05, 0.1) is 17.1 Å². The highest BCUT2D eigenvalue weighted by molar-refractivity contribution is 5.90. The van der Waals surface area contributed by atoms with Gasteiger partial charge < -0.3 is 15.5 Å². The van der Waals surface area contributed by atoms with Crippen LogP contribution in [0.1, 0.15) is 36.8 Å². The summed E-state index contributed by atoms with van der Waals surface area (Å²) in [7, 11) is 4.04. The van der Waals surface area contributed by atoms with Crippen LogP contribution in [-0.2, 0) is 6.54 Å². The normalized spacial score (nSPS) is 18.5. The monoisotopic (exact) mass is 414 g/mol. The van der Waals surface area contributed by atoms with Crippen molar-refractivity contribution in [3.8, 4) is 6.07 Å². The number of anilines is 2. The van der Waals surface area contributed by atoms with E-state index in [2.05, 4.69) is 22.8 Å². The maximum Gasteiger partial charge on any atom is 0.225 e. The van der Waals surface area contributed by atoms with Gasteiger partial charge in [-0.15, -0.1) is 0 Å². The molecule has 6 nitrogen and oxygen atoms in total. The van der Waals surface area contributed by atoms with Gasteiger partial charge in [-0.3, -0.25) is 0 Å². The van der Waals surface area contributed by atoms with E-state index in [1.165, 1.54) is 12.8 Å². The molecule has 0 spiro atoms. The van der Waals surface area contributed by atoms with E-state index < -0.39 is 0 Å². The summed E-state index contributed by atoms with van der Waals surface area (Å²) in [5.41, 5.74) is 2.81. The van der Waals surface area contributed by atoms with E-state index in [1.54, 1.807) is 0 Å². The Balaban J connectivity index is 1.30. The average Bonchev–Trinajstić information content (AvgIpc) is 2.80. The first-order valence-corrected chi connectivity index (χ1v) is 11.0. The standard InChI is InChI=1S/C25H30N6/c1-31(2)24-22-9-5-6-10-23(22)29-25(30-24)28-21-13-11-18(12-14-21)16-27-17-20-8-4-3-7-19(20)15-26/h3-10,18,21,27H,11-14,16-17H2,1-2H3,(H,28,29,30). The predicted octanol–water partition coefficient (Wildman–Crippen LogP) is 4.33.